The number of rotatable bonds is 7. The highest BCUT2D eigenvalue weighted by Gasteiger charge is 2.25. The molecule has 0 bridgehead atoms. The molecule has 0 aromatic carbocycles. The Morgan fingerprint density at radius 3 is 2.07 bits per heavy atom. The summed E-state index contributed by atoms with van der Waals surface area (Å²) in [7, 11) is 3.82. The van der Waals surface area contributed by atoms with Crippen LogP contribution in [0.15, 0.2) is 0 Å². The molecule has 0 spiro atoms. The lowest BCUT2D eigenvalue weighted by molar-refractivity contribution is 0.00475. The largest absolute Gasteiger partial charge is 0.379 e. The summed E-state index contributed by atoms with van der Waals surface area (Å²) < 4.78 is 5.45. The van der Waals surface area contributed by atoms with Crippen LogP contribution in [-0.4, -0.2) is 25.8 Å². The highest BCUT2D eigenvalue weighted by Crippen LogP contribution is 2.31. The van der Waals surface area contributed by atoms with Gasteiger partial charge in [-0.25, -0.2) is 0 Å². The first kappa shape index (κ1) is 14.9. The van der Waals surface area contributed by atoms with E-state index in [-0.39, 0.29) is 5.60 Å². The maximum Gasteiger partial charge on any atom is 0.0623 e. The summed E-state index contributed by atoms with van der Waals surface area (Å²) >= 11 is 0. The van der Waals surface area contributed by atoms with Crippen molar-refractivity contribution in [2.75, 3.05) is 14.2 Å². The molecule has 92 valence electrons. The van der Waals surface area contributed by atoms with Crippen LogP contribution in [0.2, 0.25) is 0 Å². The lowest BCUT2D eigenvalue weighted by Crippen LogP contribution is -2.31. The Bertz CT molecular complexity index is 175. The minimum Gasteiger partial charge on any atom is -0.379 e. The summed E-state index contributed by atoms with van der Waals surface area (Å²) in [4.78, 5) is 0. The van der Waals surface area contributed by atoms with Crippen LogP contribution in [-0.2, 0) is 4.74 Å². The molecule has 1 unspecified atom stereocenters. The molecule has 2 nitrogen and oxygen atoms in total. The Morgan fingerprint density at radius 1 is 1.13 bits per heavy atom. The lowest BCUT2D eigenvalue weighted by atomic mass is 9.79. The van der Waals surface area contributed by atoms with Crippen LogP contribution >= 0.6 is 0 Å². The Hall–Kier alpha value is -0.0800. The van der Waals surface area contributed by atoms with Crippen molar-refractivity contribution in [2.45, 2.75) is 65.5 Å². The van der Waals surface area contributed by atoms with Gasteiger partial charge in [0.25, 0.3) is 0 Å². The first-order valence-corrected chi connectivity index (χ1v) is 5.95. The maximum atomic E-state index is 5.45. The molecule has 15 heavy (non-hydrogen) atoms. The highest BCUT2D eigenvalue weighted by atomic mass is 16.5. The van der Waals surface area contributed by atoms with E-state index in [2.05, 4.69) is 39.9 Å². The van der Waals surface area contributed by atoms with Gasteiger partial charge < -0.3 is 10.1 Å². The standard InChI is InChI=1S/C13H29NO/c1-11(14-6)10-12(2,3)8-9-13(4,5)15-7/h11,14H,8-10H2,1-7H3. The first-order valence-electron chi connectivity index (χ1n) is 5.95. The van der Waals surface area contributed by atoms with E-state index in [1.165, 1.54) is 12.8 Å². The second-order valence-corrected chi connectivity index (χ2v) is 6.02. The van der Waals surface area contributed by atoms with Crippen molar-refractivity contribution >= 4 is 0 Å². The number of hydrogen-bond acceptors (Lipinski definition) is 2. The predicted octanol–water partition coefficient (Wildman–Crippen LogP) is 3.22. The van der Waals surface area contributed by atoms with E-state index in [1.807, 2.05) is 7.05 Å². The molecule has 0 aliphatic heterocycles. The number of ether oxygens (including phenoxy) is 1. The molecule has 0 rings (SSSR count). The third kappa shape index (κ3) is 6.91. The normalized spacial score (nSPS) is 15.4. The molecule has 0 aromatic rings. The molecule has 0 radical (unpaired) electrons. The maximum absolute atomic E-state index is 5.45. The Balaban J connectivity index is 4.03. The molecule has 1 N–H and O–H groups in total. The summed E-state index contributed by atoms with van der Waals surface area (Å²) in [5, 5.41) is 3.30. The number of methoxy groups -OCH3 is 1. The van der Waals surface area contributed by atoms with Crippen LogP contribution in [0.1, 0.15) is 53.9 Å². The second-order valence-electron chi connectivity index (χ2n) is 6.02. The average Bonchev–Trinajstić information content (AvgIpc) is 2.14. The van der Waals surface area contributed by atoms with E-state index >= 15 is 0 Å². The van der Waals surface area contributed by atoms with Crippen LogP contribution in [0.4, 0.5) is 0 Å². The van der Waals surface area contributed by atoms with Crippen molar-refractivity contribution in [1.82, 2.24) is 5.32 Å². The molecule has 0 aliphatic rings. The fourth-order valence-corrected chi connectivity index (χ4v) is 1.77. The average molecular weight is 215 g/mol. The fraction of sp³-hybridized carbons (Fsp3) is 1.00. The minimum absolute atomic E-state index is 0.0140. The van der Waals surface area contributed by atoms with Gasteiger partial charge in [0.1, 0.15) is 0 Å². The van der Waals surface area contributed by atoms with Gasteiger partial charge in [0.05, 0.1) is 5.60 Å². The summed E-state index contributed by atoms with van der Waals surface area (Å²) in [6.45, 7) is 11.2. The highest BCUT2D eigenvalue weighted by molar-refractivity contribution is 4.78. The van der Waals surface area contributed by atoms with Crippen LogP contribution in [0.25, 0.3) is 0 Å². The van der Waals surface area contributed by atoms with E-state index in [4.69, 9.17) is 4.74 Å². The van der Waals surface area contributed by atoms with Gasteiger partial charge in [-0.15, -0.1) is 0 Å². The van der Waals surface area contributed by atoms with Gasteiger partial charge in [-0.05, 0) is 52.5 Å². The van der Waals surface area contributed by atoms with Gasteiger partial charge in [0.15, 0.2) is 0 Å². The van der Waals surface area contributed by atoms with E-state index in [0.717, 1.165) is 6.42 Å². The number of hydrogen-bond donors (Lipinski definition) is 1. The van der Waals surface area contributed by atoms with Gasteiger partial charge in [-0.2, -0.15) is 0 Å². The molecule has 0 aliphatic carbocycles. The van der Waals surface area contributed by atoms with Gasteiger partial charge in [0, 0.05) is 13.2 Å². The molecule has 0 saturated carbocycles. The molecule has 2 heteroatoms. The van der Waals surface area contributed by atoms with Gasteiger partial charge in [-0.3, -0.25) is 0 Å². The summed E-state index contributed by atoms with van der Waals surface area (Å²) in [6.07, 6.45) is 3.54. The smallest absolute Gasteiger partial charge is 0.0623 e. The van der Waals surface area contributed by atoms with Crippen molar-refractivity contribution in [2.24, 2.45) is 5.41 Å². The van der Waals surface area contributed by atoms with Crippen molar-refractivity contribution in [3.63, 3.8) is 0 Å². The van der Waals surface area contributed by atoms with Crippen molar-refractivity contribution in [1.29, 1.82) is 0 Å². The van der Waals surface area contributed by atoms with Crippen LogP contribution in [0, 0.1) is 5.41 Å². The SMILES string of the molecule is CNC(C)CC(C)(C)CCC(C)(C)OC. The monoisotopic (exact) mass is 215 g/mol. The Kier molecular flexibility index (Phi) is 5.82. The summed E-state index contributed by atoms with van der Waals surface area (Å²) in [5.41, 5.74) is 0.401. The van der Waals surface area contributed by atoms with E-state index in [9.17, 15) is 0 Å². The zero-order valence-electron chi connectivity index (χ0n) is 11.6. The Morgan fingerprint density at radius 2 is 1.67 bits per heavy atom. The quantitative estimate of drug-likeness (QED) is 0.704. The minimum atomic E-state index is 0.0140. The van der Waals surface area contributed by atoms with Gasteiger partial charge >= 0.3 is 0 Å². The van der Waals surface area contributed by atoms with Crippen molar-refractivity contribution in [3.05, 3.63) is 0 Å². The van der Waals surface area contributed by atoms with Gasteiger partial charge in [0.2, 0.25) is 0 Å². The molecule has 0 heterocycles. The third-order valence-electron chi connectivity index (χ3n) is 3.31. The first-order chi connectivity index (χ1) is 6.72. The van der Waals surface area contributed by atoms with E-state index < -0.39 is 0 Å². The van der Waals surface area contributed by atoms with Crippen molar-refractivity contribution < 1.29 is 4.74 Å². The zero-order valence-corrected chi connectivity index (χ0v) is 11.6. The molecule has 0 fully saturated rings. The molecule has 0 aromatic heterocycles. The molecular formula is C13H29NO. The van der Waals surface area contributed by atoms with Crippen LogP contribution in [0.3, 0.4) is 0 Å². The Labute approximate surface area is 95.8 Å². The zero-order chi connectivity index (χ0) is 12.1. The fourth-order valence-electron chi connectivity index (χ4n) is 1.77. The van der Waals surface area contributed by atoms with E-state index in [1.54, 1.807) is 7.11 Å². The topological polar surface area (TPSA) is 21.3 Å². The van der Waals surface area contributed by atoms with Crippen LogP contribution in [0.5, 0.6) is 0 Å². The molecule has 0 amide bonds. The third-order valence-corrected chi connectivity index (χ3v) is 3.31. The van der Waals surface area contributed by atoms with Crippen LogP contribution < -0.4 is 5.32 Å². The molecular weight excluding hydrogens is 186 g/mol. The summed E-state index contributed by atoms with van der Waals surface area (Å²) in [6, 6.07) is 0.589. The second kappa shape index (κ2) is 5.86. The van der Waals surface area contributed by atoms with Gasteiger partial charge in [-0.1, -0.05) is 13.8 Å². The molecule has 1 atom stereocenters. The summed E-state index contributed by atoms with van der Waals surface area (Å²) in [5.74, 6) is 0. The number of nitrogens with one attached hydrogen (secondary N) is 1. The molecule has 0 saturated heterocycles. The van der Waals surface area contributed by atoms with Crippen molar-refractivity contribution in [3.8, 4) is 0 Å². The lowest BCUT2D eigenvalue weighted by Gasteiger charge is -2.32. The van der Waals surface area contributed by atoms with E-state index in [0.29, 0.717) is 11.5 Å². The predicted molar refractivity (Wildman–Crippen MR) is 67.2 cm³/mol.